The third-order valence-corrected chi connectivity index (χ3v) is 7.07. The van der Waals surface area contributed by atoms with Crippen molar-refractivity contribution in [1.82, 2.24) is 4.90 Å². The van der Waals surface area contributed by atoms with E-state index in [1.165, 1.54) is 12.0 Å². The van der Waals surface area contributed by atoms with Gasteiger partial charge in [0.05, 0.1) is 5.92 Å². The molecule has 1 unspecified atom stereocenters. The fourth-order valence-electron chi connectivity index (χ4n) is 4.38. The monoisotopic (exact) mass is 449 g/mol. The van der Waals surface area contributed by atoms with Gasteiger partial charge in [-0.25, -0.2) is 0 Å². The maximum atomic E-state index is 12.3. The van der Waals surface area contributed by atoms with Gasteiger partial charge in [0, 0.05) is 5.92 Å². The maximum absolute atomic E-state index is 12.3. The highest BCUT2D eigenvalue weighted by molar-refractivity contribution is 5.78. The van der Waals surface area contributed by atoms with Crippen molar-refractivity contribution in [2.75, 3.05) is 19.6 Å². The SMILES string of the molecule is CC(=O)C1CCC1.CC(CCN1CCC(C(=O)OCc2ccccc2)CC1)c1ccccc1. The summed E-state index contributed by atoms with van der Waals surface area (Å²) in [5, 5.41) is 0. The number of nitrogens with zero attached hydrogens (tertiary/aromatic N) is 1. The highest BCUT2D eigenvalue weighted by atomic mass is 16.5. The summed E-state index contributed by atoms with van der Waals surface area (Å²) in [4.78, 5) is 25.2. The van der Waals surface area contributed by atoms with Crippen LogP contribution in [-0.4, -0.2) is 36.3 Å². The van der Waals surface area contributed by atoms with Crippen molar-refractivity contribution in [2.24, 2.45) is 11.8 Å². The molecule has 178 valence electrons. The quantitative estimate of drug-likeness (QED) is 0.463. The highest BCUT2D eigenvalue weighted by Crippen LogP contribution is 2.26. The van der Waals surface area contributed by atoms with Crippen molar-refractivity contribution in [1.29, 1.82) is 0 Å². The minimum atomic E-state index is -0.0360. The largest absolute Gasteiger partial charge is 0.461 e. The van der Waals surface area contributed by atoms with Gasteiger partial charge in [0.2, 0.25) is 0 Å². The molecule has 0 aromatic heterocycles. The molecule has 1 aliphatic heterocycles. The summed E-state index contributed by atoms with van der Waals surface area (Å²) >= 11 is 0. The van der Waals surface area contributed by atoms with E-state index in [2.05, 4.69) is 42.2 Å². The standard InChI is InChI=1S/C23H29NO2.C6H10O/c1-19(21-10-6-3-7-11-21)12-15-24-16-13-22(14-17-24)23(25)26-18-20-8-4-2-5-9-20;1-5(7)6-3-2-4-6/h2-11,19,22H,12-18H2,1H3;6H,2-4H2,1H3. The number of likely N-dealkylation sites (tertiary alicyclic amines) is 1. The Balaban J connectivity index is 0.000000374. The molecular formula is C29H39NO3. The second-order valence-electron chi connectivity index (χ2n) is 9.55. The smallest absolute Gasteiger partial charge is 0.309 e. The lowest BCUT2D eigenvalue weighted by Crippen LogP contribution is -2.37. The molecule has 2 aromatic carbocycles. The van der Waals surface area contributed by atoms with E-state index >= 15 is 0 Å². The van der Waals surface area contributed by atoms with Gasteiger partial charge in [0.15, 0.2) is 0 Å². The van der Waals surface area contributed by atoms with Crippen LogP contribution in [-0.2, 0) is 20.9 Å². The van der Waals surface area contributed by atoms with Crippen LogP contribution in [0.2, 0.25) is 0 Å². The summed E-state index contributed by atoms with van der Waals surface area (Å²) in [5.41, 5.74) is 2.46. The lowest BCUT2D eigenvalue weighted by Gasteiger charge is -2.31. The van der Waals surface area contributed by atoms with E-state index in [9.17, 15) is 9.59 Å². The van der Waals surface area contributed by atoms with Crippen LogP contribution >= 0.6 is 0 Å². The molecule has 1 heterocycles. The molecular weight excluding hydrogens is 410 g/mol. The number of piperidine rings is 1. The van der Waals surface area contributed by atoms with Gasteiger partial charge in [0.25, 0.3) is 0 Å². The van der Waals surface area contributed by atoms with E-state index < -0.39 is 0 Å². The average Bonchev–Trinajstić information content (AvgIpc) is 2.81. The first-order chi connectivity index (χ1) is 16.0. The number of carbonyl (C=O) groups is 2. The Morgan fingerprint density at radius 3 is 2.03 bits per heavy atom. The van der Waals surface area contributed by atoms with Gasteiger partial charge in [-0.15, -0.1) is 0 Å². The molecule has 33 heavy (non-hydrogen) atoms. The van der Waals surface area contributed by atoms with Gasteiger partial charge in [-0.05, 0) is 75.7 Å². The normalized spacial score (nSPS) is 17.9. The van der Waals surface area contributed by atoms with E-state index in [0.29, 0.717) is 24.2 Å². The van der Waals surface area contributed by atoms with Crippen molar-refractivity contribution >= 4 is 11.8 Å². The van der Waals surface area contributed by atoms with Gasteiger partial charge in [-0.2, -0.15) is 0 Å². The Morgan fingerprint density at radius 2 is 1.52 bits per heavy atom. The van der Waals surface area contributed by atoms with Gasteiger partial charge in [-0.1, -0.05) is 74.0 Å². The number of ether oxygens (including phenoxy) is 1. The predicted octanol–water partition coefficient (Wildman–Crippen LogP) is 6.01. The number of rotatable bonds is 8. The zero-order valence-corrected chi connectivity index (χ0v) is 20.2. The van der Waals surface area contributed by atoms with E-state index in [4.69, 9.17) is 4.74 Å². The van der Waals surface area contributed by atoms with Crippen molar-refractivity contribution in [3.63, 3.8) is 0 Å². The topological polar surface area (TPSA) is 46.6 Å². The third kappa shape index (κ3) is 8.43. The van der Waals surface area contributed by atoms with Crippen molar-refractivity contribution in [3.05, 3.63) is 71.8 Å². The zero-order chi connectivity index (χ0) is 23.5. The molecule has 2 aliphatic rings. The molecule has 2 aromatic rings. The van der Waals surface area contributed by atoms with Crippen LogP contribution in [0.4, 0.5) is 0 Å². The zero-order valence-electron chi connectivity index (χ0n) is 20.2. The average molecular weight is 450 g/mol. The summed E-state index contributed by atoms with van der Waals surface area (Å²) in [5.74, 6) is 1.42. The number of carbonyl (C=O) groups excluding carboxylic acids is 2. The predicted molar refractivity (Wildman–Crippen MR) is 133 cm³/mol. The first kappa shape index (κ1) is 25.2. The van der Waals surface area contributed by atoms with Crippen LogP contribution in [0.1, 0.15) is 69.4 Å². The Bertz CT molecular complexity index is 840. The van der Waals surface area contributed by atoms with Crippen molar-refractivity contribution in [2.45, 2.75) is 64.9 Å². The van der Waals surface area contributed by atoms with E-state index in [1.807, 2.05) is 30.3 Å². The molecule has 4 heteroatoms. The molecule has 1 atom stereocenters. The molecule has 1 saturated heterocycles. The lowest BCUT2D eigenvalue weighted by atomic mass is 9.83. The van der Waals surface area contributed by atoms with E-state index in [0.717, 1.165) is 57.3 Å². The maximum Gasteiger partial charge on any atom is 0.309 e. The molecule has 4 rings (SSSR count). The second-order valence-corrected chi connectivity index (χ2v) is 9.55. The molecule has 4 nitrogen and oxygen atoms in total. The number of Topliss-reactive ketones (excluding diaryl/α,β-unsaturated/α-hetero) is 1. The Labute approximate surface area is 199 Å². The molecule has 0 spiro atoms. The first-order valence-corrected chi connectivity index (χ1v) is 12.5. The third-order valence-electron chi connectivity index (χ3n) is 7.07. The summed E-state index contributed by atoms with van der Waals surface area (Å²) < 4.78 is 5.50. The Hall–Kier alpha value is -2.46. The molecule has 2 fully saturated rings. The Morgan fingerprint density at radius 1 is 0.909 bits per heavy atom. The number of hydrogen-bond donors (Lipinski definition) is 0. The number of hydrogen-bond acceptors (Lipinski definition) is 4. The van der Waals surface area contributed by atoms with Gasteiger partial charge in [-0.3, -0.25) is 9.59 Å². The Kier molecular flexibility index (Phi) is 10.1. The molecule has 0 amide bonds. The van der Waals surface area contributed by atoms with Crippen LogP contribution in [0.15, 0.2) is 60.7 Å². The number of ketones is 1. The molecule has 1 aliphatic carbocycles. The summed E-state index contributed by atoms with van der Waals surface area (Å²) in [6.07, 6.45) is 6.54. The van der Waals surface area contributed by atoms with Gasteiger partial charge < -0.3 is 9.64 Å². The first-order valence-electron chi connectivity index (χ1n) is 12.5. The molecule has 0 bridgehead atoms. The molecule has 0 N–H and O–H groups in total. The summed E-state index contributed by atoms with van der Waals surface area (Å²) in [6, 6.07) is 20.6. The number of benzene rings is 2. The minimum Gasteiger partial charge on any atom is -0.461 e. The molecule has 0 radical (unpaired) electrons. The second kappa shape index (κ2) is 13.3. The van der Waals surface area contributed by atoms with Crippen LogP contribution in [0.25, 0.3) is 0 Å². The van der Waals surface area contributed by atoms with E-state index in [1.54, 1.807) is 6.92 Å². The van der Waals surface area contributed by atoms with Crippen LogP contribution < -0.4 is 0 Å². The van der Waals surface area contributed by atoms with Gasteiger partial charge in [0.1, 0.15) is 12.4 Å². The minimum absolute atomic E-state index is 0.0360. The fraction of sp³-hybridized carbons (Fsp3) is 0.517. The lowest BCUT2D eigenvalue weighted by molar-refractivity contribution is -0.151. The van der Waals surface area contributed by atoms with Crippen LogP contribution in [0, 0.1) is 11.8 Å². The van der Waals surface area contributed by atoms with Gasteiger partial charge >= 0.3 is 5.97 Å². The molecule has 1 saturated carbocycles. The number of esters is 1. The van der Waals surface area contributed by atoms with Crippen molar-refractivity contribution < 1.29 is 14.3 Å². The van der Waals surface area contributed by atoms with Crippen LogP contribution in [0.3, 0.4) is 0 Å². The van der Waals surface area contributed by atoms with Crippen molar-refractivity contribution in [3.8, 4) is 0 Å². The van der Waals surface area contributed by atoms with Crippen LogP contribution in [0.5, 0.6) is 0 Å². The van der Waals surface area contributed by atoms with E-state index in [-0.39, 0.29) is 11.9 Å². The summed E-state index contributed by atoms with van der Waals surface area (Å²) in [6.45, 7) is 7.45. The summed E-state index contributed by atoms with van der Waals surface area (Å²) in [7, 11) is 0. The highest BCUT2D eigenvalue weighted by Gasteiger charge is 2.26. The fourth-order valence-corrected chi connectivity index (χ4v) is 4.38.